The number of rotatable bonds is 2. The van der Waals surface area contributed by atoms with Crippen molar-refractivity contribution >= 4 is 17.3 Å². The zero-order valence-electron chi connectivity index (χ0n) is 9.10. The first-order valence-electron chi connectivity index (χ1n) is 5.24. The fourth-order valence-electron chi connectivity index (χ4n) is 1.84. The van der Waals surface area contributed by atoms with Crippen LogP contribution in [-0.2, 0) is 4.79 Å². The van der Waals surface area contributed by atoms with Gasteiger partial charge in [-0.25, -0.2) is 0 Å². The highest BCUT2D eigenvalue weighted by Gasteiger charge is 2.22. The second-order valence-corrected chi connectivity index (χ2v) is 3.98. The first-order valence-corrected chi connectivity index (χ1v) is 5.24. The van der Waals surface area contributed by atoms with E-state index in [0.29, 0.717) is 13.1 Å². The Balaban J connectivity index is 2.27. The Bertz CT molecular complexity index is 450. The van der Waals surface area contributed by atoms with Gasteiger partial charge < -0.3 is 10.2 Å². The van der Waals surface area contributed by atoms with Crippen molar-refractivity contribution < 1.29 is 4.79 Å². The average Bonchev–Trinajstić information content (AvgIpc) is 2.28. The zero-order valence-corrected chi connectivity index (χ0v) is 9.10. The molecule has 0 fully saturated rings. The summed E-state index contributed by atoms with van der Waals surface area (Å²) in [5.41, 5.74) is 1.81. The van der Waals surface area contributed by atoms with Crippen LogP contribution in [0.2, 0.25) is 0 Å². The van der Waals surface area contributed by atoms with Crippen molar-refractivity contribution in [1.82, 2.24) is 0 Å². The number of carbonyl (C=O) groups is 1. The molecule has 1 aliphatic rings. The van der Waals surface area contributed by atoms with Gasteiger partial charge >= 0.3 is 0 Å². The highest BCUT2D eigenvalue weighted by molar-refractivity contribution is 6.01. The van der Waals surface area contributed by atoms with E-state index in [2.05, 4.69) is 11.4 Å². The van der Waals surface area contributed by atoms with Crippen LogP contribution in [0, 0.1) is 17.2 Å². The molecule has 2 rings (SSSR count). The van der Waals surface area contributed by atoms with E-state index in [0.717, 1.165) is 11.4 Å². The number of anilines is 2. The van der Waals surface area contributed by atoms with E-state index in [9.17, 15) is 4.79 Å². The van der Waals surface area contributed by atoms with Gasteiger partial charge in [-0.15, -0.1) is 0 Å². The predicted molar refractivity (Wildman–Crippen MR) is 62.1 cm³/mol. The van der Waals surface area contributed by atoms with Crippen molar-refractivity contribution in [2.75, 3.05) is 23.3 Å². The van der Waals surface area contributed by atoms with Crippen LogP contribution in [0.5, 0.6) is 0 Å². The Morgan fingerprint density at radius 3 is 3.06 bits per heavy atom. The smallest absolute Gasteiger partial charge is 0.243 e. The second-order valence-electron chi connectivity index (χ2n) is 3.98. The molecule has 1 amide bonds. The molecule has 0 aliphatic carbocycles. The van der Waals surface area contributed by atoms with Crippen LogP contribution in [0.15, 0.2) is 24.3 Å². The molecule has 0 aromatic heterocycles. The lowest BCUT2D eigenvalue weighted by Crippen LogP contribution is -2.40. The van der Waals surface area contributed by atoms with E-state index in [-0.39, 0.29) is 11.8 Å². The van der Waals surface area contributed by atoms with Crippen molar-refractivity contribution in [2.45, 2.75) is 6.92 Å². The maximum atomic E-state index is 11.5. The lowest BCUT2D eigenvalue weighted by Gasteiger charge is -2.31. The molecule has 1 heterocycles. The molecule has 0 saturated heterocycles. The molecule has 82 valence electrons. The molecule has 4 heteroatoms. The minimum Gasteiger partial charge on any atom is -0.359 e. The standard InChI is InChI=1S/C12H13N3O/c1-9(6-13)7-15-8-12(16)14-10-4-2-3-5-11(10)15/h2-5,9H,7-8H2,1H3,(H,14,16). The largest absolute Gasteiger partial charge is 0.359 e. The first-order chi connectivity index (χ1) is 7.70. The summed E-state index contributed by atoms with van der Waals surface area (Å²) in [5, 5.41) is 11.6. The Morgan fingerprint density at radius 1 is 1.56 bits per heavy atom. The van der Waals surface area contributed by atoms with E-state index >= 15 is 0 Å². The van der Waals surface area contributed by atoms with Gasteiger partial charge in [0.25, 0.3) is 0 Å². The Hall–Kier alpha value is -2.02. The summed E-state index contributed by atoms with van der Waals surface area (Å²) in [5.74, 6) is -0.109. The molecule has 4 nitrogen and oxygen atoms in total. The lowest BCUT2D eigenvalue weighted by molar-refractivity contribution is -0.115. The van der Waals surface area contributed by atoms with Gasteiger partial charge in [-0.3, -0.25) is 4.79 Å². The van der Waals surface area contributed by atoms with Gasteiger partial charge in [-0.05, 0) is 19.1 Å². The molecule has 1 unspecified atom stereocenters. The highest BCUT2D eigenvalue weighted by Crippen LogP contribution is 2.29. The fraction of sp³-hybridized carbons (Fsp3) is 0.333. The Labute approximate surface area is 94.5 Å². The fourth-order valence-corrected chi connectivity index (χ4v) is 1.84. The monoisotopic (exact) mass is 215 g/mol. The number of amides is 1. The third-order valence-electron chi connectivity index (χ3n) is 2.57. The van der Waals surface area contributed by atoms with Gasteiger partial charge in [0.1, 0.15) is 0 Å². The van der Waals surface area contributed by atoms with Crippen molar-refractivity contribution in [2.24, 2.45) is 5.92 Å². The summed E-state index contributed by atoms with van der Waals surface area (Å²) < 4.78 is 0. The molecule has 1 aliphatic heterocycles. The van der Waals surface area contributed by atoms with Crippen LogP contribution in [0.25, 0.3) is 0 Å². The number of nitriles is 1. The van der Waals surface area contributed by atoms with Crippen LogP contribution < -0.4 is 10.2 Å². The van der Waals surface area contributed by atoms with Crippen LogP contribution in [-0.4, -0.2) is 19.0 Å². The van der Waals surface area contributed by atoms with Gasteiger partial charge in [-0.2, -0.15) is 5.26 Å². The summed E-state index contributed by atoms with van der Waals surface area (Å²) in [6.07, 6.45) is 0. The quantitative estimate of drug-likeness (QED) is 0.815. The van der Waals surface area contributed by atoms with Crippen molar-refractivity contribution in [3.8, 4) is 6.07 Å². The van der Waals surface area contributed by atoms with Gasteiger partial charge in [0.2, 0.25) is 5.91 Å². The number of hydrogen-bond acceptors (Lipinski definition) is 3. The number of benzene rings is 1. The summed E-state index contributed by atoms with van der Waals surface area (Å²) in [7, 11) is 0. The van der Waals surface area contributed by atoms with Crippen molar-refractivity contribution in [3.63, 3.8) is 0 Å². The molecule has 1 N–H and O–H groups in total. The molecule has 0 radical (unpaired) electrons. The van der Waals surface area contributed by atoms with Gasteiger partial charge in [-0.1, -0.05) is 12.1 Å². The van der Waals surface area contributed by atoms with Gasteiger partial charge in [0, 0.05) is 6.54 Å². The molecule has 0 bridgehead atoms. The average molecular weight is 215 g/mol. The molecule has 0 saturated carbocycles. The number of fused-ring (bicyclic) bond motifs is 1. The second kappa shape index (κ2) is 4.23. The van der Waals surface area contributed by atoms with Crippen LogP contribution in [0.1, 0.15) is 6.92 Å². The summed E-state index contributed by atoms with van der Waals surface area (Å²) in [4.78, 5) is 13.4. The first kappa shape index (κ1) is 10.5. The Kier molecular flexibility index (Phi) is 2.78. The highest BCUT2D eigenvalue weighted by atomic mass is 16.2. The molecule has 1 atom stereocenters. The maximum Gasteiger partial charge on any atom is 0.243 e. The van der Waals surface area contributed by atoms with E-state index in [1.807, 2.05) is 36.1 Å². The normalized spacial score (nSPS) is 16.0. The van der Waals surface area contributed by atoms with E-state index < -0.39 is 0 Å². The number of para-hydroxylation sites is 2. The van der Waals surface area contributed by atoms with Gasteiger partial charge in [0.15, 0.2) is 0 Å². The molecular weight excluding hydrogens is 202 g/mol. The molecule has 1 aromatic rings. The number of carbonyl (C=O) groups excluding carboxylic acids is 1. The van der Waals surface area contributed by atoms with Crippen molar-refractivity contribution in [1.29, 1.82) is 5.26 Å². The molecule has 0 spiro atoms. The number of hydrogen-bond donors (Lipinski definition) is 1. The molecule has 16 heavy (non-hydrogen) atoms. The SMILES string of the molecule is CC(C#N)CN1CC(=O)Nc2ccccc21. The minimum atomic E-state index is -0.0843. The zero-order chi connectivity index (χ0) is 11.5. The summed E-state index contributed by atoms with van der Waals surface area (Å²) in [6.45, 7) is 2.76. The Morgan fingerprint density at radius 2 is 2.31 bits per heavy atom. The summed E-state index contributed by atoms with van der Waals surface area (Å²) >= 11 is 0. The predicted octanol–water partition coefficient (Wildman–Crippen LogP) is 1.60. The third kappa shape index (κ3) is 1.98. The topological polar surface area (TPSA) is 56.1 Å². The minimum absolute atomic E-state index is 0.0242. The molecule has 1 aromatic carbocycles. The molecular formula is C12H13N3O. The van der Waals surface area contributed by atoms with E-state index in [1.54, 1.807) is 0 Å². The van der Waals surface area contributed by atoms with Crippen molar-refractivity contribution in [3.05, 3.63) is 24.3 Å². The van der Waals surface area contributed by atoms with E-state index in [1.165, 1.54) is 0 Å². The third-order valence-corrected chi connectivity index (χ3v) is 2.57. The number of nitrogens with one attached hydrogen (secondary N) is 1. The van der Waals surface area contributed by atoms with Gasteiger partial charge in [0.05, 0.1) is 29.9 Å². The van der Waals surface area contributed by atoms with E-state index in [4.69, 9.17) is 5.26 Å². The van der Waals surface area contributed by atoms with Crippen LogP contribution in [0.4, 0.5) is 11.4 Å². The summed E-state index contributed by atoms with van der Waals surface area (Å²) in [6, 6.07) is 9.83. The lowest BCUT2D eigenvalue weighted by atomic mass is 10.1. The van der Waals surface area contributed by atoms with Crippen LogP contribution >= 0.6 is 0 Å². The van der Waals surface area contributed by atoms with Crippen LogP contribution in [0.3, 0.4) is 0 Å². The number of nitrogens with zero attached hydrogens (tertiary/aromatic N) is 2. The maximum absolute atomic E-state index is 11.5.